The Morgan fingerprint density at radius 2 is 1.75 bits per heavy atom. The van der Waals surface area contributed by atoms with E-state index < -0.39 is 0 Å². The van der Waals surface area contributed by atoms with Gasteiger partial charge in [0.2, 0.25) is 0 Å². The van der Waals surface area contributed by atoms with E-state index in [9.17, 15) is 0 Å². The van der Waals surface area contributed by atoms with Crippen LogP contribution in [0.3, 0.4) is 0 Å². The first-order chi connectivity index (χ1) is 9.72. The zero-order chi connectivity index (χ0) is 14.1. The van der Waals surface area contributed by atoms with Gasteiger partial charge in [-0.15, -0.1) is 0 Å². The summed E-state index contributed by atoms with van der Waals surface area (Å²) < 4.78 is 5.39. The van der Waals surface area contributed by atoms with Crippen LogP contribution in [0.2, 0.25) is 5.02 Å². The first-order valence-electron chi connectivity index (χ1n) is 6.40. The van der Waals surface area contributed by atoms with Crippen LogP contribution in [0.5, 0.6) is 5.75 Å². The van der Waals surface area contributed by atoms with Crippen molar-refractivity contribution in [3.8, 4) is 17.0 Å². The van der Waals surface area contributed by atoms with Gasteiger partial charge in [-0.2, -0.15) is 0 Å². The average molecular weight is 284 g/mol. The number of methoxy groups -OCH3 is 1. The molecule has 0 spiro atoms. The van der Waals surface area contributed by atoms with Gasteiger partial charge in [-0.25, -0.2) is 4.98 Å². The van der Waals surface area contributed by atoms with E-state index in [-0.39, 0.29) is 0 Å². The van der Waals surface area contributed by atoms with Gasteiger partial charge in [0.15, 0.2) is 0 Å². The van der Waals surface area contributed by atoms with E-state index in [1.54, 1.807) is 7.11 Å². The summed E-state index contributed by atoms with van der Waals surface area (Å²) in [6, 6.07) is 15.8. The Hall–Kier alpha value is -2.06. The van der Waals surface area contributed by atoms with Crippen molar-refractivity contribution in [3.63, 3.8) is 0 Å². The highest BCUT2D eigenvalue weighted by atomic mass is 35.5. The number of aromatic nitrogens is 1. The number of hydrogen-bond acceptors (Lipinski definition) is 2. The molecule has 100 valence electrons. The number of hydrogen-bond donors (Lipinski definition) is 0. The normalized spacial score (nSPS) is 10.8. The molecule has 0 aliphatic rings. The van der Waals surface area contributed by atoms with Crippen molar-refractivity contribution in [2.24, 2.45) is 0 Å². The molecule has 0 bridgehead atoms. The number of ether oxygens (including phenoxy) is 1. The number of nitrogens with zero attached hydrogens (tertiary/aromatic N) is 1. The van der Waals surface area contributed by atoms with Crippen LogP contribution in [0.4, 0.5) is 0 Å². The molecule has 1 heterocycles. The van der Waals surface area contributed by atoms with Gasteiger partial charge in [0.25, 0.3) is 0 Å². The van der Waals surface area contributed by atoms with Gasteiger partial charge in [0.05, 0.1) is 17.8 Å². The van der Waals surface area contributed by atoms with E-state index in [0.29, 0.717) is 0 Å². The second-order valence-electron chi connectivity index (χ2n) is 4.62. The van der Waals surface area contributed by atoms with Crippen LogP contribution in [0.1, 0.15) is 5.56 Å². The summed E-state index contributed by atoms with van der Waals surface area (Å²) in [6.07, 6.45) is 0. The van der Waals surface area contributed by atoms with Gasteiger partial charge in [-0.1, -0.05) is 54.1 Å². The maximum atomic E-state index is 6.51. The number of benzene rings is 2. The predicted molar refractivity (Wildman–Crippen MR) is 83.5 cm³/mol. The molecule has 0 N–H and O–H groups in total. The third-order valence-corrected chi connectivity index (χ3v) is 3.90. The first kappa shape index (κ1) is 12.9. The summed E-state index contributed by atoms with van der Waals surface area (Å²) in [5.41, 5.74) is 3.73. The van der Waals surface area contributed by atoms with E-state index in [0.717, 1.165) is 38.5 Å². The van der Waals surface area contributed by atoms with Crippen molar-refractivity contribution in [2.45, 2.75) is 6.92 Å². The Bertz CT molecular complexity index is 769. The lowest BCUT2D eigenvalue weighted by atomic mass is 10.0. The van der Waals surface area contributed by atoms with E-state index in [1.165, 1.54) is 0 Å². The zero-order valence-corrected chi connectivity index (χ0v) is 12.1. The molecule has 1 aromatic heterocycles. The highest BCUT2D eigenvalue weighted by Gasteiger charge is 2.14. The van der Waals surface area contributed by atoms with Crippen LogP contribution >= 0.6 is 11.6 Å². The van der Waals surface area contributed by atoms with Crippen LogP contribution < -0.4 is 4.74 Å². The summed E-state index contributed by atoms with van der Waals surface area (Å²) in [5.74, 6) is 0.738. The molecule has 0 fully saturated rings. The van der Waals surface area contributed by atoms with E-state index in [4.69, 9.17) is 21.3 Å². The maximum absolute atomic E-state index is 6.51. The third kappa shape index (κ3) is 2.02. The maximum Gasteiger partial charge on any atom is 0.145 e. The highest BCUT2D eigenvalue weighted by molar-refractivity contribution is 6.36. The molecule has 20 heavy (non-hydrogen) atoms. The molecule has 3 rings (SSSR count). The van der Waals surface area contributed by atoms with Gasteiger partial charge in [0.1, 0.15) is 11.3 Å². The van der Waals surface area contributed by atoms with E-state index >= 15 is 0 Å². The summed E-state index contributed by atoms with van der Waals surface area (Å²) >= 11 is 6.51. The minimum absolute atomic E-state index is 0.729. The van der Waals surface area contributed by atoms with Gasteiger partial charge < -0.3 is 4.74 Å². The fourth-order valence-corrected chi connectivity index (χ4v) is 2.60. The van der Waals surface area contributed by atoms with Crippen molar-refractivity contribution in [3.05, 3.63) is 59.1 Å². The van der Waals surface area contributed by atoms with Crippen molar-refractivity contribution in [1.29, 1.82) is 0 Å². The lowest BCUT2D eigenvalue weighted by Gasteiger charge is -2.12. The van der Waals surface area contributed by atoms with Gasteiger partial charge in [-0.3, -0.25) is 0 Å². The Morgan fingerprint density at radius 3 is 2.45 bits per heavy atom. The topological polar surface area (TPSA) is 22.1 Å². The van der Waals surface area contributed by atoms with Crippen LogP contribution in [-0.4, -0.2) is 12.1 Å². The van der Waals surface area contributed by atoms with E-state index in [2.05, 4.69) is 0 Å². The lowest BCUT2D eigenvalue weighted by Crippen LogP contribution is -1.94. The largest absolute Gasteiger partial charge is 0.494 e. The molecule has 0 aliphatic heterocycles. The number of rotatable bonds is 2. The SMILES string of the molecule is COc1cccc2c(Cl)c(C)c(-c3ccccc3)nc12. The molecular formula is C17H14ClNO. The summed E-state index contributed by atoms with van der Waals surface area (Å²) in [5, 5.41) is 1.65. The number of para-hydroxylation sites is 1. The fraction of sp³-hybridized carbons (Fsp3) is 0.118. The number of fused-ring (bicyclic) bond motifs is 1. The Morgan fingerprint density at radius 1 is 1.00 bits per heavy atom. The molecule has 0 unspecified atom stereocenters. The lowest BCUT2D eigenvalue weighted by molar-refractivity contribution is 0.419. The Kier molecular flexibility index (Phi) is 3.33. The van der Waals surface area contributed by atoms with Crippen molar-refractivity contribution >= 4 is 22.5 Å². The molecule has 0 saturated carbocycles. The van der Waals surface area contributed by atoms with Crippen LogP contribution in [0.25, 0.3) is 22.2 Å². The minimum Gasteiger partial charge on any atom is -0.494 e. The molecule has 0 aliphatic carbocycles. The molecular weight excluding hydrogens is 270 g/mol. The van der Waals surface area contributed by atoms with Gasteiger partial charge in [-0.05, 0) is 18.6 Å². The second-order valence-corrected chi connectivity index (χ2v) is 5.00. The van der Waals surface area contributed by atoms with Crippen molar-refractivity contribution < 1.29 is 4.74 Å². The third-order valence-electron chi connectivity index (χ3n) is 3.41. The standard InChI is InChI=1S/C17H14ClNO/c1-11-15(18)13-9-6-10-14(20-2)17(13)19-16(11)12-7-4-3-5-8-12/h3-10H,1-2H3. The van der Waals surface area contributed by atoms with Crippen LogP contribution in [-0.2, 0) is 0 Å². The molecule has 0 saturated heterocycles. The quantitative estimate of drug-likeness (QED) is 0.669. The van der Waals surface area contributed by atoms with Crippen molar-refractivity contribution in [2.75, 3.05) is 7.11 Å². The summed E-state index contributed by atoms with van der Waals surface area (Å²) in [7, 11) is 1.65. The second kappa shape index (κ2) is 5.14. The molecule has 3 heteroatoms. The van der Waals surface area contributed by atoms with Crippen LogP contribution in [0, 0.1) is 6.92 Å². The molecule has 2 nitrogen and oxygen atoms in total. The molecule has 0 radical (unpaired) electrons. The Balaban J connectivity index is 2.37. The van der Waals surface area contributed by atoms with Crippen molar-refractivity contribution in [1.82, 2.24) is 4.98 Å². The number of pyridine rings is 1. The molecule has 2 aromatic carbocycles. The van der Waals surface area contributed by atoms with Crippen LogP contribution in [0.15, 0.2) is 48.5 Å². The van der Waals surface area contributed by atoms with Gasteiger partial charge >= 0.3 is 0 Å². The molecule has 0 atom stereocenters. The summed E-state index contributed by atoms with van der Waals surface area (Å²) in [6.45, 7) is 2.00. The number of halogens is 1. The predicted octanol–water partition coefficient (Wildman–Crippen LogP) is 4.87. The molecule has 0 amide bonds. The summed E-state index contributed by atoms with van der Waals surface area (Å²) in [4.78, 5) is 4.77. The highest BCUT2D eigenvalue weighted by Crippen LogP contribution is 2.36. The molecule has 3 aromatic rings. The average Bonchev–Trinajstić information content (AvgIpc) is 2.51. The fourth-order valence-electron chi connectivity index (χ4n) is 2.36. The van der Waals surface area contributed by atoms with Gasteiger partial charge in [0, 0.05) is 10.9 Å². The first-order valence-corrected chi connectivity index (χ1v) is 6.78. The smallest absolute Gasteiger partial charge is 0.145 e. The monoisotopic (exact) mass is 283 g/mol. The Labute approximate surface area is 123 Å². The zero-order valence-electron chi connectivity index (χ0n) is 11.4. The minimum atomic E-state index is 0.729. The van der Waals surface area contributed by atoms with E-state index in [1.807, 2.05) is 55.5 Å².